The topological polar surface area (TPSA) is 26.3 Å². The minimum absolute atomic E-state index is 0.203. The van der Waals surface area contributed by atoms with E-state index in [1.807, 2.05) is 20.8 Å². The van der Waals surface area contributed by atoms with Crippen LogP contribution in [0.3, 0.4) is 0 Å². The van der Waals surface area contributed by atoms with Gasteiger partial charge in [0, 0.05) is 12.0 Å². The number of esters is 1. The van der Waals surface area contributed by atoms with E-state index in [2.05, 4.69) is 0 Å². The van der Waals surface area contributed by atoms with E-state index in [1.165, 1.54) is 18.4 Å². The van der Waals surface area contributed by atoms with Crippen LogP contribution in [0.5, 0.6) is 0 Å². The van der Waals surface area contributed by atoms with Crippen molar-refractivity contribution in [3.63, 3.8) is 0 Å². The number of alkyl halides is 1. The van der Waals surface area contributed by atoms with E-state index in [4.69, 9.17) is 16.3 Å². The summed E-state index contributed by atoms with van der Waals surface area (Å²) in [5.74, 6) is 1.04. The molecule has 0 amide bonds. The third kappa shape index (κ3) is 5.58. The van der Waals surface area contributed by atoms with Crippen molar-refractivity contribution < 1.29 is 9.53 Å². The van der Waals surface area contributed by atoms with E-state index in [9.17, 15) is 4.79 Å². The summed E-state index contributed by atoms with van der Waals surface area (Å²) in [6.45, 7) is 5.68. The molecule has 1 fully saturated rings. The van der Waals surface area contributed by atoms with Crippen LogP contribution in [-0.2, 0) is 9.53 Å². The average Bonchev–Trinajstić information content (AvgIpc) is 2.59. The molecule has 0 aromatic heterocycles. The third-order valence-corrected chi connectivity index (χ3v) is 3.21. The van der Waals surface area contributed by atoms with Crippen molar-refractivity contribution in [1.29, 1.82) is 0 Å². The molecule has 0 radical (unpaired) electrons. The summed E-state index contributed by atoms with van der Waals surface area (Å²) in [6, 6.07) is 0. The molecular formula is C14H23ClO2. The number of allylic oxidation sites excluding steroid dienone is 1. The first-order valence-corrected chi connectivity index (χ1v) is 6.95. The molecule has 0 saturated heterocycles. The molecule has 0 aromatic rings. The highest BCUT2D eigenvalue weighted by molar-refractivity contribution is 6.17. The average molecular weight is 259 g/mol. The SMILES string of the molecule is CC(C)(C)OC(=O)/C=C1/CCCC1CCCCl. The lowest BCUT2D eigenvalue weighted by Gasteiger charge is -2.19. The lowest BCUT2D eigenvalue weighted by Crippen LogP contribution is -2.23. The highest BCUT2D eigenvalue weighted by Gasteiger charge is 2.22. The Labute approximate surface area is 109 Å². The number of ether oxygens (including phenoxy) is 1. The Kier molecular flexibility index (Phi) is 5.51. The van der Waals surface area contributed by atoms with Crippen LogP contribution in [0, 0.1) is 5.92 Å². The summed E-state index contributed by atoms with van der Waals surface area (Å²) >= 11 is 5.71. The summed E-state index contributed by atoms with van der Waals surface area (Å²) in [7, 11) is 0. The molecule has 0 bridgehead atoms. The van der Waals surface area contributed by atoms with E-state index in [0.717, 1.165) is 19.3 Å². The number of carbonyl (C=O) groups excluding carboxylic acids is 1. The summed E-state index contributed by atoms with van der Waals surface area (Å²) in [4.78, 5) is 11.7. The lowest BCUT2D eigenvalue weighted by molar-refractivity contribution is -0.148. The Balaban J connectivity index is 2.54. The maximum atomic E-state index is 11.7. The Morgan fingerprint density at radius 2 is 2.24 bits per heavy atom. The standard InChI is InChI=1S/C14H23ClO2/c1-14(2,3)17-13(16)10-12-7-4-6-11(12)8-5-9-15/h10-11H,4-9H2,1-3H3/b12-10-. The maximum Gasteiger partial charge on any atom is 0.331 e. The molecule has 0 heterocycles. The van der Waals surface area contributed by atoms with E-state index in [0.29, 0.717) is 11.8 Å². The van der Waals surface area contributed by atoms with Gasteiger partial charge in [-0.15, -0.1) is 11.6 Å². The summed E-state index contributed by atoms with van der Waals surface area (Å²) in [5.41, 5.74) is 0.850. The van der Waals surface area contributed by atoms with Crippen molar-refractivity contribution in [2.75, 3.05) is 5.88 Å². The molecule has 98 valence electrons. The number of hydrogen-bond donors (Lipinski definition) is 0. The first-order valence-electron chi connectivity index (χ1n) is 6.42. The van der Waals surface area contributed by atoms with Crippen molar-refractivity contribution in [1.82, 2.24) is 0 Å². The largest absolute Gasteiger partial charge is 0.457 e. The Bertz CT molecular complexity index is 289. The fourth-order valence-electron chi connectivity index (χ4n) is 2.27. The number of halogens is 1. The normalized spacial score (nSPS) is 23.1. The molecule has 1 saturated carbocycles. The molecule has 1 rings (SSSR count). The predicted octanol–water partition coefficient (Wildman–Crippen LogP) is 4.07. The van der Waals surface area contributed by atoms with Crippen LogP contribution >= 0.6 is 11.6 Å². The van der Waals surface area contributed by atoms with Crippen LogP contribution in [0.2, 0.25) is 0 Å². The first kappa shape index (κ1) is 14.6. The van der Waals surface area contributed by atoms with Gasteiger partial charge in [0.25, 0.3) is 0 Å². The lowest BCUT2D eigenvalue weighted by atomic mass is 9.97. The molecule has 0 N–H and O–H groups in total. The first-order chi connectivity index (χ1) is 7.92. The zero-order valence-electron chi connectivity index (χ0n) is 11.1. The zero-order valence-corrected chi connectivity index (χ0v) is 11.8. The van der Waals surface area contributed by atoms with Gasteiger partial charge < -0.3 is 4.74 Å². The van der Waals surface area contributed by atoms with E-state index in [-0.39, 0.29) is 5.97 Å². The molecular weight excluding hydrogens is 236 g/mol. The molecule has 17 heavy (non-hydrogen) atoms. The monoisotopic (exact) mass is 258 g/mol. The molecule has 2 nitrogen and oxygen atoms in total. The second kappa shape index (κ2) is 6.44. The molecule has 0 aromatic carbocycles. The van der Waals surface area contributed by atoms with Gasteiger partial charge in [-0.05, 0) is 58.8 Å². The van der Waals surface area contributed by atoms with Crippen LogP contribution in [0.4, 0.5) is 0 Å². The molecule has 1 aliphatic rings. The minimum atomic E-state index is -0.404. The van der Waals surface area contributed by atoms with Gasteiger partial charge in [0.1, 0.15) is 5.60 Å². The van der Waals surface area contributed by atoms with Crippen molar-refractivity contribution in [2.24, 2.45) is 5.92 Å². The van der Waals surface area contributed by atoms with Gasteiger partial charge in [0.2, 0.25) is 0 Å². The van der Waals surface area contributed by atoms with Crippen LogP contribution in [0.1, 0.15) is 52.9 Å². The minimum Gasteiger partial charge on any atom is -0.457 e. The van der Waals surface area contributed by atoms with Gasteiger partial charge in [-0.25, -0.2) is 4.79 Å². The van der Waals surface area contributed by atoms with Crippen molar-refractivity contribution in [2.45, 2.75) is 58.5 Å². The number of hydrogen-bond acceptors (Lipinski definition) is 2. The van der Waals surface area contributed by atoms with Gasteiger partial charge in [-0.2, -0.15) is 0 Å². The van der Waals surface area contributed by atoms with Gasteiger partial charge >= 0.3 is 5.97 Å². The van der Waals surface area contributed by atoms with E-state index >= 15 is 0 Å². The Morgan fingerprint density at radius 3 is 2.82 bits per heavy atom. The predicted molar refractivity (Wildman–Crippen MR) is 71.2 cm³/mol. The highest BCUT2D eigenvalue weighted by Crippen LogP contribution is 2.34. The number of carbonyl (C=O) groups is 1. The summed E-state index contributed by atoms with van der Waals surface area (Å²) < 4.78 is 5.31. The van der Waals surface area contributed by atoms with Gasteiger partial charge in [-0.3, -0.25) is 0 Å². The fourth-order valence-corrected chi connectivity index (χ4v) is 2.42. The quantitative estimate of drug-likeness (QED) is 0.432. The summed E-state index contributed by atoms with van der Waals surface area (Å²) in [5, 5.41) is 0. The van der Waals surface area contributed by atoms with E-state index < -0.39 is 5.60 Å². The van der Waals surface area contributed by atoms with E-state index in [1.54, 1.807) is 6.08 Å². The second-order valence-corrected chi connectivity index (χ2v) is 6.05. The Hall–Kier alpha value is -0.500. The summed E-state index contributed by atoms with van der Waals surface area (Å²) in [6.07, 6.45) is 7.23. The Morgan fingerprint density at radius 1 is 1.53 bits per heavy atom. The van der Waals surface area contributed by atoms with Gasteiger partial charge in [-0.1, -0.05) is 5.57 Å². The van der Waals surface area contributed by atoms with Crippen LogP contribution < -0.4 is 0 Å². The van der Waals surface area contributed by atoms with Crippen molar-refractivity contribution in [3.8, 4) is 0 Å². The molecule has 0 aliphatic heterocycles. The smallest absolute Gasteiger partial charge is 0.331 e. The molecule has 1 atom stereocenters. The highest BCUT2D eigenvalue weighted by atomic mass is 35.5. The fraction of sp³-hybridized carbons (Fsp3) is 0.786. The molecule has 1 aliphatic carbocycles. The second-order valence-electron chi connectivity index (χ2n) is 5.67. The van der Waals surface area contributed by atoms with Crippen LogP contribution in [0.25, 0.3) is 0 Å². The van der Waals surface area contributed by atoms with Crippen molar-refractivity contribution in [3.05, 3.63) is 11.6 Å². The van der Waals surface area contributed by atoms with Gasteiger partial charge in [0.15, 0.2) is 0 Å². The number of rotatable bonds is 4. The van der Waals surface area contributed by atoms with Crippen molar-refractivity contribution >= 4 is 17.6 Å². The molecule has 1 unspecified atom stereocenters. The zero-order chi connectivity index (χ0) is 12.9. The van der Waals surface area contributed by atoms with Gasteiger partial charge in [0.05, 0.1) is 0 Å². The molecule has 3 heteroatoms. The maximum absolute atomic E-state index is 11.7. The molecule has 0 spiro atoms. The van der Waals surface area contributed by atoms with Crippen LogP contribution in [0.15, 0.2) is 11.6 Å². The van der Waals surface area contributed by atoms with Crippen LogP contribution in [-0.4, -0.2) is 17.5 Å². The third-order valence-electron chi connectivity index (χ3n) is 2.94.